The molecule has 1 aliphatic rings. The Hall–Kier alpha value is -1.65. The highest BCUT2D eigenvalue weighted by Gasteiger charge is 2.13. The van der Waals surface area contributed by atoms with Gasteiger partial charge in [0, 0.05) is 19.6 Å². The van der Waals surface area contributed by atoms with Crippen molar-refractivity contribution in [3.05, 3.63) is 18.9 Å². The summed E-state index contributed by atoms with van der Waals surface area (Å²) in [7, 11) is 0. The molecule has 1 aromatic rings. The van der Waals surface area contributed by atoms with Crippen LogP contribution in [0.5, 0.6) is 0 Å². The largest absolute Gasteiger partial charge is 0.365 e. The molecule has 92 valence electrons. The van der Waals surface area contributed by atoms with E-state index in [2.05, 4.69) is 32.0 Å². The third-order valence-electron chi connectivity index (χ3n) is 2.86. The van der Waals surface area contributed by atoms with Gasteiger partial charge in [-0.15, -0.1) is 11.7 Å². The van der Waals surface area contributed by atoms with Gasteiger partial charge in [-0.1, -0.05) is 18.9 Å². The number of nitrogens with one attached hydrogen (secondary N) is 1. The summed E-state index contributed by atoms with van der Waals surface area (Å²) >= 11 is 0. The van der Waals surface area contributed by atoms with Crippen molar-refractivity contribution >= 4 is 11.8 Å². The number of aromatic nitrogens is 3. The molecule has 5 nitrogen and oxygen atoms in total. The predicted molar refractivity (Wildman–Crippen MR) is 69.2 cm³/mol. The fourth-order valence-electron chi connectivity index (χ4n) is 1.96. The maximum atomic E-state index is 4.47. The average Bonchev–Trinajstić information content (AvgIpc) is 2.65. The first kappa shape index (κ1) is 11.8. The van der Waals surface area contributed by atoms with E-state index in [1.165, 1.54) is 25.7 Å². The fraction of sp³-hybridized carbons (Fsp3) is 0.583. The fourth-order valence-corrected chi connectivity index (χ4v) is 1.96. The van der Waals surface area contributed by atoms with E-state index >= 15 is 0 Å². The van der Waals surface area contributed by atoms with Crippen LogP contribution < -0.4 is 10.2 Å². The van der Waals surface area contributed by atoms with Crippen molar-refractivity contribution in [3.8, 4) is 0 Å². The second-order valence-electron chi connectivity index (χ2n) is 4.21. The maximum absolute atomic E-state index is 4.47. The van der Waals surface area contributed by atoms with Crippen LogP contribution in [-0.4, -0.2) is 34.8 Å². The van der Waals surface area contributed by atoms with E-state index in [9.17, 15) is 0 Å². The van der Waals surface area contributed by atoms with Gasteiger partial charge in [-0.25, -0.2) is 0 Å². The molecule has 1 saturated heterocycles. The molecule has 2 heterocycles. The summed E-state index contributed by atoms with van der Waals surface area (Å²) in [6, 6.07) is 0. The smallest absolute Gasteiger partial charge is 0.247 e. The Morgan fingerprint density at radius 1 is 1.29 bits per heavy atom. The van der Waals surface area contributed by atoms with E-state index in [1.54, 1.807) is 12.3 Å². The summed E-state index contributed by atoms with van der Waals surface area (Å²) < 4.78 is 0. The number of nitrogens with zero attached hydrogens (tertiary/aromatic N) is 4. The normalized spacial score (nSPS) is 16.4. The van der Waals surface area contributed by atoms with Crippen molar-refractivity contribution in [2.75, 3.05) is 29.9 Å². The Morgan fingerprint density at radius 2 is 2.06 bits per heavy atom. The van der Waals surface area contributed by atoms with E-state index in [0.717, 1.165) is 24.9 Å². The lowest BCUT2D eigenvalue weighted by Crippen LogP contribution is -2.26. The lowest BCUT2D eigenvalue weighted by molar-refractivity contribution is 0.726. The molecule has 0 aliphatic carbocycles. The molecule has 0 radical (unpaired) electrons. The zero-order chi connectivity index (χ0) is 11.9. The van der Waals surface area contributed by atoms with Crippen LogP contribution in [0.3, 0.4) is 0 Å². The van der Waals surface area contributed by atoms with E-state index in [4.69, 9.17) is 0 Å². The van der Waals surface area contributed by atoms with Gasteiger partial charge in [-0.2, -0.15) is 10.1 Å². The van der Waals surface area contributed by atoms with Crippen LogP contribution in [0, 0.1) is 0 Å². The standard InChI is InChI=1S/C12H19N5/c1-2-7-13-11-10-14-16-12(15-11)17-8-5-3-4-6-9-17/h2,10H,1,3-9H2,(H,13,15,16). The molecule has 0 amide bonds. The molecule has 0 spiro atoms. The lowest BCUT2D eigenvalue weighted by Gasteiger charge is -2.19. The molecule has 5 heteroatoms. The van der Waals surface area contributed by atoms with Gasteiger partial charge >= 0.3 is 0 Å². The van der Waals surface area contributed by atoms with Crippen LogP contribution in [-0.2, 0) is 0 Å². The Morgan fingerprint density at radius 3 is 2.76 bits per heavy atom. The summed E-state index contributed by atoms with van der Waals surface area (Å²) in [5.41, 5.74) is 0. The van der Waals surface area contributed by atoms with Crippen molar-refractivity contribution < 1.29 is 0 Å². The summed E-state index contributed by atoms with van der Waals surface area (Å²) in [4.78, 5) is 6.69. The molecular weight excluding hydrogens is 214 g/mol. The van der Waals surface area contributed by atoms with Gasteiger partial charge in [0.15, 0.2) is 5.82 Å². The molecule has 1 aliphatic heterocycles. The Labute approximate surface area is 102 Å². The third-order valence-corrected chi connectivity index (χ3v) is 2.86. The quantitative estimate of drug-likeness (QED) is 0.804. The van der Waals surface area contributed by atoms with Gasteiger partial charge in [-0.05, 0) is 12.8 Å². The van der Waals surface area contributed by atoms with Gasteiger partial charge in [0.05, 0.1) is 6.20 Å². The Bertz CT molecular complexity index is 358. The van der Waals surface area contributed by atoms with Crippen molar-refractivity contribution in [1.29, 1.82) is 0 Å². The van der Waals surface area contributed by atoms with Gasteiger partial charge in [-0.3, -0.25) is 0 Å². The molecule has 1 N–H and O–H groups in total. The summed E-state index contributed by atoms with van der Waals surface area (Å²) in [6.07, 6.45) is 8.48. The van der Waals surface area contributed by atoms with E-state index in [0.29, 0.717) is 6.54 Å². The molecule has 0 bridgehead atoms. The van der Waals surface area contributed by atoms with Gasteiger partial charge in [0.1, 0.15) is 0 Å². The summed E-state index contributed by atoms with van der Waals surface area (Å²) in [6.45, 7) is 6.42. The van der Waals surface area contributed by atoms with Crippen molar-refractivity contribution in [3.63, 3.8) is 0 Å². The molecule has 2 rings (SSSR count). The highest BCUT2D eigenvalue weighted by atomic mass is 15.3. The maximum Gasteiger partial charge on any atom is 0.247 e. The molecule has 1 fully saturated rings. The van der Waals surface area contributed by atoms with Crippen LogP contribution in [0.25, 0.3) is 0 Å². The minimum Gasteiger partial charge on any atom is -0.365 e. The van der Waals surface area contributed by atoms with Crippen LogP contribution in [0.15, 0.2) is 18.9 Å². The molecule has 17 heavy (non-hydrogen) atoms. The molecule has 0 unspecified atom stereocenters. The van der Waals surface area contributed by atoms with E-state index < -0.39 is 0 Å². The highest BCUT2D eigenvalue weighted by molar-refractivity contribution is 5.39. The van der Waals surface area contributed by atoms with Gasteiger partial charge in [0.2, 0.25) is 5.95 Å². The summed E-state index contributed by atoms with van der Waals surface area (Å²) in [5, 5.41) is 11.2. The first-order valence-corrected chi connectivity index (χ1v) is 6.19. The molecule has 0 saturated carbocycles. The number of hydrogen-bond acceptors (Lipinski definition) is 5. The zero-order valence-electron chi connectivity index (χ0n) is 10.1. The van der Waals surface area contributed by atoms with Crippen LogP contribution in [0.4, 0.5) is 11.8 Å². The number of rotatable bonds is 4. The molecule has 0 atom stereocenters. The third kappa shape index (κ3) is 3.41. The molecule has 0 aromatic carbocycles. The topological polar surface area (TPSA) is 53.9 Å². The number of hydrogen-bond donors (Lipinski definition) is 1. The first-order chi connectivity index (χ1) is 8.40. The Balaban J connectivity index is 2.05. The van der Waals surface area contributed by atoms with E-state index in [-0.39, 0.29) is 0 Å². The monoisotopic (exact) mass is 233 g/mol. The lowest BCUT2D eigenvalue weighted by atomic mass is 10.2. The van der Waals surface area contributed by atoms with Crippen molar-refractivity contribution in [2.24, 2.45) is 0 Å². The van der Waals surface area contributed by atoms with Crippen molar-refractivity contribution in [1.82, 2.24) is 15.2 Å². The minimum atomic E-state index is 0.693. The SMILES string of the molecule is C=CCNc1cnnc(N2CCCCCC2)n1. The average molecular weight is 233 g/mol. The zero-order valence-corrected chi connectivity index (χ0v) is 10.1. The molecular formula is C12H19N5. The first-order valence-electron chi connectivity index (χ1n) is 6.19. The van der Waals surface area contributed by atoms with Crippen molar-refractivity contribution in [2.45, 2.75) is 25.7 Å². The second-order valence-corrected chi connectivity index (χ2v) is 4.21. The van der Waals surface area contributed by atoms with Crippen LogP contribution in [0.2, 0.25) is 0 Å². The molecule has 1 aromatic heterocycles. The van der Waals surface area contributed by atoms with Crippen LogP contribution in [0.1, 0.15) is 25.7 Å². The van der Waals surface area contributed by atoms with E-state index in [1.807, 2.05) is 0 Å². The van der Waals surface area contributed by atoms with Gasteiger partial charge in [0.25, 0.3) is 0 Å². The number of anilines is 2. The van der Waals surface area contributed by atoms with Crippen LogP contribution >= 0.6 is 0 Å². The second kappa shape index (κ2) is 6.18. The predicted octanol–water partition coefficient (Wildman–Crippen LogP) is 1.85. The van der Waals surface area contributed by atoms with Gasteiger partial charge < -0.3 is 10.2 Å². The Kier molecular flexibility index (Phi) is 4.30. The summed E-state index contributed by atoms with van der Waals surface area (Å²) in [5.74, 6) is 1.50. The highest BCUT2D eigenvalue weighted by Crippen LogP contribution is 2.15. The minimum absolute atomic E-state index is 0.693.